The van der Waals surface area contributed by atoms with Crippen molar-refractivity contribution in [2.24, 2.45) is 5.92 Å². The van der Waals surface area contributed by atoms with Crippen molar-refractivity contribution in [1.82, 2.24) is 0 Å². The van der Waals surface area contributed by atoms with Crippen LogP contribution in [0.4, 0.5) is 5.69 Å². The van der Waals surface area contributed by atoms with Crippen LogP contribution in [0.1, 0.15) is 24.5 Å². The Morgan fingerprint density at radius 3 is 2.58 bits per heavy atom. The summed E-state index contributed by atoms with van der Waals surface area (Å²) in [5.41, 5.74) is 3.33. The van der Waals surface area contributed by atoms with Gasteiger partial charge >= 0.3 is 5.97 Å². The Morgan fingerprint density at radius 2 is 2.05 bits per heavy atom. The number of carboxylic acid groups (broad SMARTS) is 1. The summed E-state index contributed by atoms with van der Waals surface area (Å²) in [6, 6.07) is 4.11. The standard InChI is InChI=1S/C15H23NO3/c1-10-8-12(3)14(13(9-10)19-5)16(4)7-6-11(2)15(17)18/h8-9,11H,6-7H2,1-5H3,(H,17,18). The average Bonchev–Trinajstić information content (AvgIpc) is 2.34. The molecule has 0 fully saturated rings. The van der Waals surface area contributed by atoms with Gasteiger partial charge in [-0.1, -0.05) is 13.0 Å². The van der Waals surface area contributed by atoms with Crippen LogP contribution in [0.5, 0.6) is 5.75 Å². The van der Waals surface area contributed by atoms with Crippen molar-refractivity contribution in [1.29, 1.82) is 0 Å². The molecule has 0 aliphatic heterocycles. The molecule has 0 heterocycles. The lowest BCUT2D eigenvalue weighted by molar-refractivity contribution is -0.141. The van der Waals surface area contributed by atoms with Gasteiger partial charge in [0.25, 0.3) is 0 Å². The van der Waals surface area contributed by atoms with Gasteiger partial charge in [-0.3, -0.25) is 4.79 Å². The molecular formula is C15H23NO3. The Morgan fingerprint density at radius 1 is 1.42 bits per heavy atom. The fourth-order valence-corrected chi connectivity index (χ4v) is 2.19. The summed E-state index contributed by atoms with van der Waals surface area (Å²) in [6.45, 7) is 6.50. The van der Waals surface area contributed by atoms with Gasteiger partial charge in [0.05, 0.1) is 18.7 Å². The number of nitrogens with zero attached hydrogens (tertiary/aromatic N) is 1. The van der Waals surface area contributed by atoms with Crippen molar-refractivity contribution in [3.8, 4) is 5.75 Å². The molecule has 4 heteroatoms. The molecule has 0 aliphatic rings. The number of ether oxygens (including phenoxy) is 1. The molecule has 19 heavy (non-hydrogen) atoms. The lowest BCUT2D eigenvalue weighted by Gasteiger charge is -2.25. The summed E-state index contributed by atoms with van der Waals surface area (Å²) in [5.74, 6) is -0.247. The van der Waals surface area contributed by atoms with Gasteiger partial charge in [0.2, 0.25) is 0 Å². The van der Waals surface area contributed by atoms with Crippen LogP contribution in [0.3, 0.4) is 0 Å². The van der Waals surface area contributed by atoms with E-state index in [4.69, 9.17) is 9.84 Å². The molecule has 0 bridgehead atoms. The van der Waals surface area contributed by atoms with E-state index in [1.165, 1.54) is 0 Å². The van der Waals surface area contributed by atoms with Crippen LogP contribution < -0.4 is 9.64 Å². The van der Waals surface area contributed by atoms with Crippen molar-refractivity contribution in [2.75, 3.05) is 25.6 Å². The van der Waals surface area contributed by atoms with Crippen LogP contribution in [0.2, 0.25) is 0 Å². The molecule has 1 rings (SSSR count). The molecule has 1 unspecified atom stereocenters. The van der Waals surface area contributed by atoms with Crippen LogP contribution in [0.25, 0.3) is 0 Å². The predicted molar refractivity (Wildman–Crippen MR) is 77.2 cm³/mol. The number of hydrogen-bond acceptors (Lipinski definition) is 3. The highest BCUT2D eigenvalue weighted by Gasteiger charge is 2.15. The third-order valence-electron chi connectivity index (χ3n) is 3.33. The summed E-state index contributed by atoms with van der Waals surface area (Å²) < 4.78 is 5.42. The zero-order valence-corrected chi connectivity index (χ0v) is 12.4. The number of carbonyl (C=O) groups is 1. The highest BCUT2D eigenvalue weighted by Crippen LogP contribution is 2.32. The Kier molecular flexibility index (Phi) is 5.21. The SMILES string of the molecule is COc1cc(C)cc(C)c1N(C)CCC(C)C(=O)O. The van der Waals surface area contributed by atoms with Gasteiger partial charge in [0.1, 0.15) is 5.75 Å². The van der Waals surface area contributed by atoms with E-state index in [0.717, 1.165) is 22.6 Å². The molecule has 1 aromatic carbocycles. The van der Waals surface area contributed by atoms with Crippen LogP contribution in [-0.4, -0.2) is 31.8 Å². The summed E-state index contributed by atoms with van der Waals surface area (Å²) >= 11 is 0. The topological polar surface area (TPSA) is 49.8 Å². The molecule has 1 aromatic rings. The molecule has 1 atom stereocenters. The minimum Gasteiger partial charge on any atom is -0.495 e. The van der Waals surface area contributed by atoms with Crippen LogP contribution in [-0.2, 0) is 4.79 Å². The zero-order valence-electron chi connectivity index (χ0n) is 12.4. The van der Waals surface area contributed by atoms with Gasteiger partial charge in [-0.05, 0) is 37.5 Å². The molecule has 1 N–H and O–H groups in total. The third kappa shape index (κ3) is 3.88. The molecule has 0 radical (unpaired) electrons. The maximum atomic E-state index is 10.8. The first kappa shape index (κ1) is 15.3. The van der Waals surface area contributed by atoms with Gasteiger partial charge in [0, 0.05) is 13.6 Å². The minimum absolute atomic E-state index is 0.334. The third-order valence-corrected chi connectivity index (χ3v) is 3.33. The lowest BCUT2D eigenvalue weighted by Crippen LogP contribution is -2.24. The van der Waals surface area contributed by atoms with E-state index < -0.39 is 5.97 Å². The molecule has 0 aliphatic carbocycles. The number of carboxylic acids is 1. The van der Waals surface area contributed by atoms with E-state index in [-0.39, 0.29) is 5.92 Å². The van der Waals surface area contributed by atoms with E-state index in [1.807, 2.05) is 27.0 Å². The highest BCUT2D eigenvalue weighted by molar-refractivity contribution is 5.69. The quantitative estimate of drug-likeness (QED) is 0.859. The van der Waals surface area contributed by atoms with Gasteiger partial charge < -0.3 is 14.7 Å². The van der Waals surface area contributed by atoms with E-state index in [1.54, 1.807) is 14.0 Å². The predicted octanol–water partition coefficient (Wildman–Crippen LogP) is 2.86. The number of aryl methyl sites for hydroxylation is 2. The van der Waals surface area contributed by atoms with Crippen molar-refractivity contribution in [2.45, 2.75) is 27.2 Å². The molecule has 106 valence electrons. The van der Waals surface area contributed by atoms with Gasteiger partial charge in [-0.2, -0.15) is 0 Å². The number of methoxy groups -OCH3 is 1. The lowest BCUT2D eigenvalue weighted by atomic mass is 10.1. The number of anilines is 1. The second-order valence-corrected chi connectivity index (χ2v) is 5.08. The first-order chi connectivity index (χ1) is 8.86. The zero-order chi connectivity index (χ0) is 14.6. The van der Waals surface area contributed by atoms with E-state index in [9.17, 15) is 4.79 Å². The molecule has 0 spiro atoms. The number of hydrogen-bond donors (Lipinski definition) is 1. The minimum atomic E-state index is -0.749. The van der Waals surface area contributed by atoms with E-state index in [0.29, 0.717) is 13.0 Å². The summed E-state index contributed by atoms with van der Waals surface area (Å²) in [6.07, 6.45) is 0.613. The van der Waals surface area contributed by atoms with Crippen molar-refractivity contribution < 1.29 is 14.6 Å². The van der Waals surface area contributed by atoms with Gasteiger partial charge in [0.15, 0.2) is 0 Å². The Hall–Kier alpha value is -1.71. The average molecular weight is 265 g/mol. The Labute approximate surface area is 115 Å². The summed E-state index contributed by atoms with van der Waals surface area (Å²) in [5, 5.41) is 8.91. The van der Waals surface area contributed by atoms with Crippen molar-refractivity contribution >= 4 is 11.7 Å². The molecule has 0 saturated heterocycles. The van der Waals surface area contributed by atoms with Crippen molar-refractivity contribution in [3.05, 3.63) is 23.3 Å². The molecule has 4 nitrogen and oxygen atoms in total. The summed E-state index contributed by atoms with van der Waals surface area (Å²) in [7, 11) is 3.63. The van der Waals surface area contributed by atoms with Gasteiger partial charge in [-0.15, -0.1) is 0 Å². The molecule has 0 amide bonds. The first-order valence-electron chi connectivity index (χ1n) is 6.46. The molecular weight excluding hydrogens is 242 g/mol. The maximum absolute atomic E-state index is 10.8. The van der Waals surface area contributed by atoms with Crippen LogP contribution in [0, 0.1) is 19.8 Å². The summed E-state index contributed by atoms with van der Waals surface area (Å²) in [4.78, 5) is 12.9. The largest absolute Gasteiger partial charge is 0.495 e. The normalized spacial score (nSPS) is 12.1. The van der Waals surface area contributed by atoms with E-state index in [2.05, 4.69) is 11.0 Å². The second kappa shape index (κ2) is 6.45. The first-order valence-corrected chi connectivity index (χ1v) is 6.46. The Balaban J connectivity index is 2.87. The number of benzene rings is 1. The maximum Gasteiger partial charge on any atom is 0.306 e. The van der Waals surface area contributed by atoms with Crippen LogP contribution >= 0.6 is 0 Å². The molecule has 0 aromatic heterocycles. The molecule has 0 saturated carbocycles. The number of rotatable bonds is 6. The van der Waals surface area contributed by atoms with Crippen LogP contribution in [0.15, 0.2) is 12.1 Å². The fourth-order valence-electron chi connectivity index (χ4n) is 2.19. The Bertz CT molecular complexity index is 457. The number of aliphatic carboxylic acids is 1. The van der Waals surface area contributed by atoms with Crippen molar-refractivity contribution in [3.63, 3.8) is 0 Å². The van der Waals surface area contributed by atoms with E-state index >= 15 is 0 Å². The highest BCUT2D eigenvalue weighted by atomic mass is 16.5. The fraction of sp³-hybridized carbons (Fsp3) is 0.533. The smallest absolute Gasteiger partial charge is 0.306 e. The monoisotopic (exact) mass is 265 g/mol. The van der Waals surface area contributed by atoms with Gasteiger partial charge in [-0.25, -0.2) is 0 Å². The second-order valence-electron chi connectivity index (χ2n) is 5.08.